The van der Waals surface area contributed by atoms with Crippen LogP contribution in [-0.4, -0.2) is 27.2 Å². The molecule has 1 aliphatic heterocycles. The number of hydrogen-bond donors (Lipinski definition) is 1. The van der Waals surface area contributed by atoms with E-state index in [1.54, 1.807) is 0 Å². The lowest BCUT2D eigenvalue weighted by atomic mass is 10.00. The second-order valence-electron chi connectivity index (χ2n) is 7.60. The topological polar surface area (TPSA) is 59.8 Å². The molecule has 2 unspecified atom stereocenters. The Kier molecular flexibility index (Phi) is 4.32. The Balaban J connectivity index is 1.26. The van der Waals surface area contributed by atoms with E-state index in [1.807, 2.05) is 0 Å². The number of carbonyl (C=O) groups excluding carboxylic acids is 1. The van der Waals surface area contributed by atoms with Crippen molar-refractivity contribution in [3.8, 4) is 0 Å². The van der Waals surface area contributed by atoms with Crippen molar-refractivity contribution in [2.24, 2.45) is 5.92 Å². The zero-order chi connectivity index (χ0) is 17.4. The van der Waals surface area contributed by atoms with E-state index in [0.717, 1.165) is 43.9 Å². The van der Waals surface area contributed by atoms with Crippen LogP contribution in [0.25, 0.3) is 0 Å². The van der Waals surface area contributed by atoms with E-state index in [-0.39, 0.29) is 11.8 Å². The largest absolute Gasteiger partial charge is 0.355 e. The second kappa shape index (κ2) is 6.62. The summed E-state index contributed by atoms with van der Waals surface area (Å²) in [5.41, 5.74) is 2.64. The van der Waals surface area contributed by atoms with Gasteiger partial charge in [-0.2, -0.15) is 0 Å². The van der Waals surface area contributed by atoms with Crippen LogP contribution >= 0.6 is 0 Å². The third kappa shape index (κ3) is 3.32. The Morgan fingerprint density at radius 1 is 1.28 bits per heavy atom. The minimum absolute atomic E-state index is 0.133. The van der Waals surface area contributed by atoms with Gasteiger partial charge in [0.05, 0.1) is 0 Å². The molecule has 5 heteroatoms. The number of hydrogen-bond acceptors (Lipinski definition) is 3. The Hall–Kier alpha value is -2.17. The number of aryl methyl sites for hydroxylation is 1. The van der Waals surface area contributed by atoms with E-state index in [0.29, 0.717) is 18.4 Å². The fourth-order valence-electron chi connectivity index (χ4n) is 3.81. The van der Waals surface area contributed by atoms with Crippen molar-refractivity contribution in [2.45, 2.75) is 57.9 Å². The molecule has 1 amide bonds. The van der Waals surface area contributed by atoms with Crippen molar-refractivity contribution in [1.82, 2.24) is 20.1 Å². The zero-order valence-electron chi connectivity index (χ0n) is 15.0. The molecule has 2 atom stereocenters. The van der Waals surface area contributed by atoms with Crippen LogP contribution in [-0.2, 0) is 24.2 Å². The van der Waals surface area contributed by atoms with Gasteiger partial charge in [-0.3, -0.25) is 4.79 Å². The predicted octanol–water partition coefficient (Wildman–Crippen LogP) is 2.81. The lowest BCUT2D eigenvalue weighted by molar-refractivity contribution is -0.122. The van der Waals surface area contributed by atoms with Crippen molar-refractivity contribution in [2.75, 3.05) is 6.54 Å². The van der Waals surface area contributed by atoms with Crippen LogP contribution in [0.4, 0.5) is 0 Å². The number of carbonyl (C=O) groups is 1. The maximum absolute atomic E-state index is 12.4. The third-order valence-corrected chi connectivity index (χ3v) is 5.49. The molecule has 1 aromatic heterocycles. The summed E-state index contributed by atoms with van der Waals surface area (Å²) in [5, 5.41) is 11.5. The molecule has 132 valence electrons. The summed E-state index contributed by atoms with van der Waals surface area (Å²) in [6, 6.07) is 8.76. The van der Waals surface area contributed by atoms with Gasteiger partial charge >= 0.3 is 0 Å². The molecule has 1 saturated carbocycles. The van der Waals surface area contributed by atoms with Crippen LogP contribution in [0.5, 0.6) is 0 Å². The number of nitrogens with zero attached hydrogens (tertiary/aromatic N) is 3. The zero-order valence-corrected chi connectivity index (χ0v) is 15.0. The van der Waals surface area contributed by atoms with Gasteiger partial charge in [-0.25, -0.2) is 0 Å². The smallest absolute Gasteiger partial charge is 0.223 e. The number of aromatic nitrogens is 3. The van der Waals surface area contributed by atoms with Crippen LogP contribution < -0.4 is 5.32 Å². The molecule has 1 aliphatic carbocycles. The van der Waals surface area contributed by atoms with E-state index in [2.05, 4.69) is 58.2 Å². The molecule has 1 aromatic carbocycles. The van der Waals surface area contributed by atoms with Crippen LogP contribution in [0.2, 0.25) is 0 Å². The van der Waals surface area contributed by atoms with E-state index < -0.39 is 0 Å². The quantitative estimate of drug-likeness (QED) is 0.881. The Morgan fingerprint density at radius 3 is 2.84 bits per heavy atom. The second-order valence-corrected chi connectivity index (χ2v) is 7.60. The lowest BCUT2D eigenvalue weighted by Gasteiger charge is -2.07. The highest BCUT2D eigenvalue weighted by atomic mass is 16.2. The minimum atomic E-state index is 0.133. The summed E-state index contributed by atoms with van der Waals surface area (Å²) in [6.45, 7) is 6.06. The molecule has 0 radical (unpaired) electrons. The van der Waals surface area contributed by atoms with Gasteiger partial charge in [-0.05, 0) is 35.8 Å². The van der Waals surface area contributed by atoms with Gasteiger partial charge in [-0.1, -0.05) is 38.1 Å². The van der Waals surface area contributed by atoms with Crippen LogP contribution in [0.1, 0.15) is 61.3 Å². The van der Waals surface area contributed by atoms with E-state index in [4.69, 9.17) is 0 Å². The van der Waals surface area contributed by atoms with Gasteiger partial charge in [0.2, 0.25) is 5.91 Å². The highest BCUT2D eigenvalue weighted by Gasteiger charge is 2.43. The van der Waals surface area contributed by atoms with Crippen molar-refractivity contribution < 1.29 is 4.79 Å². The molecular weight excluding hydrogens is 312 g/mol. The Bertz CT molecular complexity index is 763. The molecule has 0 saturated heterocycles. The van der Waals surface area contributed by atoms with E-state index in [1.165, 1.54) is 11.1 Å². The fourth-order valence-corrected chi connectivity index (χ4v) is 3.81. The monoisotopic (exact) mass is 338 g/mol. The standard InChI is InChI=1S/C20H26N4O/c1-13(2)14-5-7-15(8-6-14)16-12-17(16)20(25)21-10-9-19-23-22-18-4-3-11-24(18)19/h5-8,13,16-17H,3-4,9-12H2,1-2H3,(H,21,25). The number of fused-ring (bicyclic) bond motifs is 1. The minimum Gasteiger partial charge on any atom is -0.355 e. The van der Waals surface area contributed by atoms with Crippen LogP contribution in [0.3, 0.4) is 0 Å². The van der Waals surface area contributed by atoms with E-state index >= 15 is 0 Å². The van der Waals surface area contributed by atoms with Gasteiger partial charge < -0.3 is 9.88 Å². The van der Waals surface area contributed by atoms with Crippen molar-refractivity contribution >= 4 is 5.91 Å². The van der Waals surface area contributed by atoms with E-state index in [9.17, 15) is 4.79 Å². The molecule has 0 bridgehead atoms. The molecule has 5 nitrogen and oxygen atoms in total. The lowest BCUT2D eigenvalue weighted by Crippen LogP contribution is -2.28. The first-order valence-corrected chi connectivity index (χ1v) is 9.42. The maximum atomic E-state index is 12.4. The summed E-state index contributed by atoms with van der Waals surface area (Å²) in [4.78, 5) is 12.4. The molecule has 0 spiro atoms. The number of rotatable bonds is 6. The van der Waals surface area contributed by atoms with Crippen LogP contribution in [0.15, 0.2) is 24.3 Å². The maximum Gasteiger partial charge on any atom is 0.223 e. The summed E-state index contributed by atoms with van der Waals surface area (Å²) in [6.07, 6.45) is 3.91. The van der Waals surface area contributed by atoms with Gasteiger partial charge in [0, 0.05) is 31.8 Å². The Labute approximate surface area is 148 Å². The molecule has 1 fully saturated rings. The SMILES string of the molecule is CC(C)c1ccc(C2CC2C(=O)NCCc2nnc3n2CCC3)cc1. The average Bonchev–Trinajstić information content (AvgIpc) is 3.12. The molecule has 4 rings (SSSR count). The fraction of sp³-hybridized carbons (Fsp3) is 0.550. The number of amides is 1. The highest BCUT2D eigenvalue weighted by molar-refractivity contribution is 5.82. The van der Waals surface area contributed by atoms with Gasteiger partial charge in [0.25, 0.3) is 0 Å². The van der Waals surface area contributed by atoms with Crippen molar-refractivity contribution in [3.63, 3.8) is 0 Å². The van der Waals surface area contributed by atoms with Gasteiger partial charge in [0.1, 0.15) is 11.6 Å². The molecule has 1 N–H and O–H groups in total. The summed E-state index contributed by atoms with van der Waals surface area (Å²) in [5.74, 6) is 3.34. The Morgan fingerprint density at radius 2 is 2.08 bits per heavy atom. The summed E-state index contributed by atoms with van der Waals surface area (Å²) >= 11 is 0. The highest BCUT2D eigenvalue weighted by Crippen LogP contribution is 2.47. The third-order valence-electron chi connectivity index (χ3n) is 5.49. The normalized spacial score (nSPS) is 21.4. The summed E-state index contributed by atoms with van der Waals surface area (Å²) < 4.78 is 2.20. The molecule has 2 heterocycles. The van der Waals surface area contributed by atoms with Crippen molar-refractivity contribution in [3.05, 3.63) is 47.0 Å². The first kappa shape index (κ1) is 16.3. The number of benzene rings is 1. The molecular formula is C20H26N4O. The molecule has 25 heavy (non-hydrogen) atoms. The summed E-state index contributed by atoms with van der Waals surface area (Å²) in [7, 11) is 0. The average molecular weight is 338 g/mol. The molecule has 2 aromatic rings. The first-order valence-electron chi connectivity index (χ1n) is 9.42. The van der Waals surface area contributed by atoms with Gasteiger partial charge in [-0.15, -0.1) is 10.2 Å². The predicted molar refractivity (Wildman–Crippen MR) is 96.4 cm³/mol. The number of nitrogens with one attached hydrogen (secondary N) is 1. The van der Waals surface area contributed by atoms with Crippen LogP contribution in [0, 0.1) is 5.92 Å². The van der Waals surface area contributed by atoms with Gasteiger partial charge in [0.15, 0.2) is 0 Å². The molecule has 2 aliphatic rings. The van der Waals surface area contributed by atoms with Crippen molar-refractivity contribution in [1.29, 1.82) is 0 Å². The first-order chi connectivity index (χ1) is 12.1.